The molecule has 2 N–H and O–H groups in total. The van der Waals surface area contributed by atoms with Crippen LogP contribution in [0.4, 0.5) is 11.4 Å². The molecule has 0 spiro atoms. The van der Waals surface area contributed by atoms with E-state index in [0.717, 1.165) is 24.0 Å². The van der Waals surface area contributed by atoms with Gasteiger partial charge >= 0.3 is 11.9 Å². The summed E-state index contributed by atoms with van der Waals surface area (Å²) in [6, 6.07) is 12.1. The van der Waals surface area contributed by atoms with E-state index in [9.17, 15) is 29.4 Å². The third kappa shape index (κ3) is 6.04. The molecule has 7 rings (SSSR count). The molecule has 7 atom stereocenters. The number of aliphatic hydroxyl groups excluding tert-OH is 1. The van der Waals surface area contributed by atoms with Gasteiger partial charge in [0, 0.05) is 37.0 Å². The van der Waals surface area contributed by atoms with Crippen LogP contribution in [0.3, 0.4) is 0 Å². The van der Waals surface area contributed by atoms with Crippen molar-refractivity contribution in [3.05, 3.63) is 77.4 Å². The molecular formula is C40H44N2O9. The van der Waals surface area contributed by atoms with Crippen LogP contribution < -0.4 is 4.74 Å². The third-order valence-electron chi connectivity index (χ3n) is 12.2. The molecule has 5 aliphatic rings. The Morgan fingerprint density at radius 1 is 1.02 bits per heavy atom. The number of nitrogens with zero attached hydrogens (tertiary/aromatic N) is 2. The number of benzene rings is 2. The number of carbonyl (C=O) groups is 4. The van der Waals surface area contributed by atoms with E-state index in [1.807, 2.05) is 25.1 Å². The molecule has 3 saturated carbocycles. The van der Waals surface area contributed by atoms with Crippen LogP contribution in [0.2, 0.25) is 0 Å². The highest BCUT2D eigenvalue weighted by Crippen LogP contribution is 2.67. The maximum atomic E-state index is 13.7. The number of ketones is 2. The molecule has 51 heavy (non-hydrogen) atoms. The average Bonchev–Trinajstić information content (AvgIpc) is 3.35. The van der Waals surface area contributed by atoms with E-state index in [4.69, 9.17) is 14.2 Å². The standard InChI is InChI=1S/C40H44N2O9/c1-37(2)50-32-13-11-25(20-28(32)36(47)51-37)41-42-30-8-6-5-7-23(30)9-14-34(46)49-22-33(45)40(48)18-16-29-27-12-10-24-19-26(43)15-17-38(24,3)35(27)31(44)21-39(29,40)4/h5-8,11,13,15,17,19-20,27,29,31,35,44,48H,9-10,12,14,16,18,21-22H2,1-4H3. The number of hydrogen-bond acceptors (Lipinski definition) is 11. The molecule has 0 bridgehead atoms. The molecule has 268 valence electrons. The first-order valence-electron chi connectivity index (χ1n) is 17.7. The summed E-state index contributed by atoms with van der Waals surface area (Å²) in [5, 5.41) is 32.2. The third-order valence-corrected chi connectivity index (χ3v) is 12.2. The van der Waals surface area contributed by atoms with E-state index in [-0.39, 0.29) is 54.8 Å². The Morgan fingerprint density at radius 2 is 1.80 bits per heavy atom. The van der Waals surface area contributed by atoms with Crippen LogP contribution in [0.25, 0.3) is 0 Å². The average molecular weight is 697 g/mol. The number of allylic oxidation sites excluding steroid dienone is 4. The van der Waals surface area contributed by atoms with Crippen LogP contribution in [0.1, 0.15) is 82.1 Å². The minimum Gasteiger partial charge on any atom is -0.458 e. The summed E-state index contributed by atoms with van der Waals surface area (Å²) in [4.78, 5) is 51.1. The van der Waals surface area contributed by atoms with Crippen molar-refractivity contribution in [2.45, 2.75) is 90.1 Å². The van der Waals surface area contributed by atoms with Gasteiger partial charge in [-0.25, -0.2) is 4.79 Å². The summed E-state index contributed by atoms with van der Waals surface area (Å²) >= 11 is 0. The molecule has 2 aromatic carbocycles. The van der Waals surface area contributed by atoms with Gasteiger partial charge < -0.3 is 24.4 Å². The van der Waals surface area contributed by atoms with E-state index in [2.05, 4.69) is 17.2 Å². The summed E-state index contributed by atoms with van der Waals surface area (Å²) in [5.41, 5.74) is -0.0744. The highest BCUT2D eigenvalue weighted by atomic mass is 16.7. The Balaban J connectivity index is 0.971. The second-order valence-electron chi connectivity index (χ2n) is 15.6. The van der Waals surface area contributed by atoms with E-state index in [0.29, 0.717) is 23.5 Å². The minimum atomic E-state index is -1.73. The molecule has 2 aromatic rings. The summed E-state index contributed by atoms with van der Waals surface area (Å²) < 4.78 is 16.4. The van der Waals surface area contributed by atoms with Crippen molar-refractivity contribution in [1.29, 1.82) is 0 Å². The van der Waals surface area contributed by atoms with Crippen molar-refractivity contribution >= 4 is 34.9 Å². The van der Waals surface area contributed by atoms with E-state index >= 15 is 0 Å². The minimum absolute atomic E-state index is 0.00114. The number of esters is 2. The highest BCUT2D eigenvalue weighted by molar-refractivity contribution is 6.01. The maximum Gasteiger partial charge on any atom is 0.345 e. The first-order valence-corrected chi connectivity index (χ1v) is 17.7. The van der Waals surface area contributed by atoms with Crippen LogP contribution >= 0.6 is 0 Å². The van der Waals surface area contributed by atoms with E-state index in [1.165, 1.54) is 0 Å². The first-order chi connectivity index (χ1) is 24.1. The molecule has 0 saturated heterocycles. The number of aryl methyl sites for hydroxylation is 1. The molecule has 1 aliphatic heterocycles. The number of rotatable bonds is 8. The molecule has 7 unspecified atom stereocenters. The van der Waals surface area contributed by atoms with Gasteiger partial charge in [-0.05, 0) is 92.3 Å². The van der Waals surface area contributed by atoms with Gasteiger partial charge in [0.2, 0.25) is 11.6 Å². The Kier molecular flexibility index (Phi) is 8.65. The van der Waals surface area contributed by atoms with Gasteiger partial charge in [0.15, 0.2) is 12.4 Å². The number of fused-ring (bicyclic) bond motifs is 6. The number of ether oxygens (including phenoxy) is 3. The fourth-order valence-corrected chi connectivity index (χ4v) is 9.69. The fourth-order valence-electron chi connectivity index (χ4n) is 9.69. The number of hydrogen-bond donors (Lipinski definition) is 2. The van der Waals surface area contributed by atoms with E-state index < -0.39 is 52.7 Å². The van der Waals surface area contributed by atoms with Gasteiger partial charge in [-0.2, -0.15) is 10.2 Å². The van der Waals surface area contributed by atoms with Crippen molar-refractivity contribution in [2.24, 2.45) is 38.8 Å². The van der Waals surface area contributed by atoms with Crippen molar-refractivity contribution in [3.63, 3.8) is 0 Å². The predicted octanol–water partition coefficient (Wildman–Crippen LogP) is 6.44. The van der Waals surface area contributed by atoms with Crippen LogP contribution in [-0.2, 0) is 30.3 Å². The number of aliphatic hydroxyl groups is 2. The quantitative estimate of drug-likeness (QED) is 0.234. The molecule has 11 heteroatoms. The molecule has 0 amide bonds. The van der Waals surface area contributed by atoms with Crippen LogP contribution in [0.5, 0.6) is 5.75 Å². The maximum absolute atomic E-state index is 13.7. The molecule has 11 nitrogen and oxygen atoms in total. The Hall–Kier alpha value is -4.48. The van der Waals surface area contributed by atoms with Gasteiger partial charge in [0.05, 0.1) is 17.5 Å². The Morgan fingerprint density at radius 3 is 2.61 bits per heavy atom. The first kappa shape index (κ1) is 34.9. The van der Waals surface area contributed by atoms with Gasteiger partial charge in [0.25, 0.3) is 0 Å². The van der Waals surface area contributed by atoms with Crippen LogP contribution in [-0.4, -0.2) is 57.8 Å². The second-order valence-corrected chi connectivity index (χ2v) is 15.6. The van der Waals surface area contributed by atoms with Crippen LogP contribution in [0, 0.1) is 28.6 Å². The number of Topliss-reactive ketones (excluding diaryl/α,β-unsaturated/α-hetero) is 1. The summed E-state index contributed by atoms with van der Waals surface area (Å²) in [6.07, 6.45) is 7.33. The predicted molar refractivity (Wildman–Crippen MR) is 184 cm³/mol. The summed E-state index contributed by atoms with van der Waals surface area (Å²) in [6.45, 7) is 6.73. The van der Waals surface area contributed by atoms with Gasteiger partial charge in [0.1, 0.15) is 16.9 Å². The Labute approximate surface area is 296 Å². The summed E-state index contributed by atoms with van der Waals surface area (Å²) in [5.74, 6) is -2.37. The second kappa shape index (κ2) is 12.6. The SMILES string of the molecule is CC1(C)OC(=O)c2cc(N=Nc3ccccc3CCC(=O)OCC(=O)C3(O)CCC4C5CCC6=CC(=O)C=CC6(C)C5C(O)CC43C)ccc2O1. The lowest BCUT2D eigenvalue weighted by Gasteiger charge is -2.59. The number of cyclic esters (lactones) is 1. The van der Waals surface area contributed by atoms with E-state index in [1.54, 1.807) is 56.3 Å². The molecule has 0 radical (unpaired) electrons. The van der Waals surface area contributed by atoms with Gasteiger partial charge in [-0.1, -0.05) is 43.7 Å². The zero-order valence-corrected chi connectivity index (χ0v) is 29.4. The molecule has 1 heterocycles. The van der Waals surface area contributed by atoms with Crippen molar-refractivity contribution in [1.82, 2.24) is 0 Å². The molecule has 3 fully saturated rings. The lowest BCUT2D eigenvalue weighted by molar-refractivity contribution is -0.181. The number of carbonyl (C=O) groups excluding carboxylic acids is 4. The van der Waals surface area contributed by atoms with Crippen molar-refractivity contribution in [3.8, 4) is 5.75 Å². The van der Waals surface area contributed by atoms with Gasteiger partial charge in [-0.15, -0.1) is 0 Å². The zero-order chi connectivity index (χ0) is 36.3. The summed E-state index contributed by atoms with van der Waals surface area (Å²) in [7, 11) is 0. The lowest BCUT2D eigenvalue weighted by atomic mass is 9.46. The monoisotopic (exact) mass is 696 g/mol. The molecule has 4 aliphatic carbocycles. The fraction of sp³-hybridized carbons (Fsp3) is 0.500. The van der Waals surface area contributed by atoms with Gasteiger partial charge in [-0.3, -0.25) is 14.4 Å². The molecular weight excluding hydrogens is 652 g/mol. The lowest BCUT2D eigenvalue weighted by Crippen LogP contribution is -2.61. The smallest absolute Gasteiger partial charge is 0.345 e. The largest absolute Gasteiger partial charge is 0.458 e. The number of azo groups is 1. The topological polar surface area (TPSA) is 161 Å². The highest BCUT2D eigenvalue weighted by Gasteiger charge is 2.68. The van der Waals surface area contributed by atoms with Crippen molar-refractivity contribution in [2.75, 3.05) is 6.61 Å². The Bertz CT molecular complexity index is 1900. The van der Waals surface area contributed by atoms with Crippen LogP contribution in [0.15, 0.2) is 76.5 Å². The van der Waals surface area contributed by atoms with Crippen molar-refractivity contribution < 1.29 is 43.6 Å². The zero-order valence-electron chi connectivity index (χ0n) is 29.4. The normalized spacial score (nSPS) is 33.3. The molecule has 0 aromatic heterocycles.